The van der Waals surface area contributed by atoms with Crippen molar-refractivity contribution < 1.29 is 14.3 Å². The Labute approximate surface area is 198 Å². The Kier molecular flexibility index (Phi) is 6.95. The normalized spacial score (nSPS) is 15.6. The zero-order valence-corrected chi connectivity index (χ0v) is 19.0. The molecule has 2 aromatic carbocycles. The molecule has 0 spiro atoms. The number of hydrogen-bond acceptors (Lipinski definition) is 5. The molecule has 1 aliphatic rings. The SMILES string of the molecule is CCOc1ccc(N2C(=O)[C@@H](CC(=O)Nc3ccccc3)N(Cc3ccccn3)C2=S)cc1. The van der Waals surface area contributed by atoms with Gasteiger partial charge in [0.05, 0.1) is 31.0 Å². The molecule has 1 aliphatic heterocycles. The van der Waals surface area contributed by atoms with Gasteiger partial charge in [-0.2, -0.15) is 0 Å². The number of nitrogens with one attached hydrogen (secondary N) is 1. The van der Waals surface area contributed by atoms with Gasteiger partial charge in [-0.15, -0.1) is 0 Å². The summed E-state index contributed by atoms with van der Waals surface area (Å²) in [5, 5.41) is 3.19. The largest absolute Gasteiger partial charge is 0.494 e. The van der Waals surface area contributed by atoms with E-state index in [1.165, 1.54) is 4.90 Å². The van der Waals surface area contributed by atoms with Crippen LogP contribution in [-0.2, 0) is 16.1 Å². The zero-order chi connectivity index (χ0) is 23.2. The lowest BCUT2D eigenvalue weighted by atomic mass is 10.1. The lowest BCUT2D eigenvalue weighted by molar-refractivity contribution is -0.124. The molecule has 1 saturated heterocycles. The maximum Gasteiger partial charge on any atom is 0.256 e. The van der Waals surface area contributed by atoms with Crippen LogP contribution in [0.25, 0.3) is 0 Å². The highest BCUT2D eigenvalue weighted by Gasteiger charge is 2.44. The molecule has 2 amide bonds. The van der Waals surface area contributed by atoms with Crippen LogP contribution in [0.1, 0.15) is 19.0 Å². The van der Waals surface area contributed by atoms with E-state index in [2.05, 4.69) is 10.3 Å². The number of hydrogen-bond donors (Lipinski definition) is 1. The Morgan fingerprint density at radius 2 is 1.79 bits per heavy atom. The maximum atomic E-state index is 13.5. The molecule has 1 atom stereocenters. The van der Waals surface area contributed by atoms with E-state index >= 15 is 0 Å². The average molecular weight is 461 g/mol. The summed E-state index contributed by atoms with van der Waals surface area (Å²) in [6.07, 6.45) is 1.66. The average Bonchev–Trinajstić information content (AvgIpc) is 3.05. The molecule has 0 bridgehead atoms. The summed E-state index contributed by atoms with van der Waals surface area (Å²) in [5.74, 6) is 0.202. The molecule has 1 aromatic heterocycles. The van der Waals surface area contributed by atoms with Crippen LogP contribution < -0.4 is 15.0 Å². The van der Waals surface area contributed by atoms with Crippen LogP contribution in [0.5, 0.6) is 5.75 Å². The van der Waals surface area contributed by atoms with E-state index in [9.17, 15) is 9.59 Å². The van der Waals surface area contributed by atoms with Gasteiger partial charge in [0.25, 0.3) is 5.91 Å². The van der Waals surface area contributed by atoms with E-state index in [1.54, 1.807) is 47.5 Å². The van der Waals surface area contributed by atoms with Gasteiger partial charge in [0.1, 0.15) is 11.8 Å². The minimum Gasteiger partial charge on any atom is -0.494 e. The monoisotopic (exact) mass is 460 g/mol. The molecule has 1 fully saturated rings. The quantitative estimate of drug-likeness (QED) is 0.512. The standard InChI is InChI=1S/C25H24N4O3S/c1-2-32-21-13-11-20(12-14-21)29-24(31)22(16-23(30)27-18-8-4-3-5-9-18)28(25(29)33)17-19-10-6-7-15-26-19/h3-15,22H,2,16-17H2,1H3,(H,27,30)/t22-/m1/s1. The number of nitrogens with zero attached hydrogens (tertiary/aromatic N) is 3. The number of benzene rings is 2. The van der Waals surface area contributed by atoms with E-state index in [-0.39, 0.29) is 18.2 Å². The Morgan fingerprint density at radius 1 is 1.06 bits per heavy atom. The molecular weight excluding hydrogens is 436 g/mol. The number of thiocarbonyl (C=S) groups is 1. The molecule has 0 unspecified atom stereocenters. The second kappa shape index (κ2) is 10.2. The predicted molar refractivity (Wildman–Crippen MR) is 131 cm³/mol. The van der Waals surface area contributed by atoms with Gasteiger partial charge in [0.2, 0.25) is 5.91 Å². The Bertz CT molecular complexity index is 1120. The summed E-state index contributed by atoms with van der Waals surface area (Å²) < 4.78 is 5.50. The molecule has 8 heteroatoms. The van der Waals surface area contributed by atoms with Gasteiger partial charge in [-0.05, 0) is 67.7 Å². The molecule has 0 saturated carbocycles. The first-order chi connectivity index (χ1) is 16.1. The minimum absolute atomic E-state index is 0.0335. The van der Waals surface area contributed by atoms with Crippen molar-refractivity contribution in [2.75, 3.05) is 16.8 Å². The van der Waals surface area contributed by atoms with E-state index in [4.69, 9.17) is 17.0 Å². The number of para-hydroxylation sites is 1. The van der Waals surface area contributed by atoms with Gasteiger partial charge in [-0.3, -0.25) is 19.5 Å². The van der Waals surface area contributed by atoms with Crippen molar-refractivity contribution in [1.82, 2.24) is 9.88 Å². The number of carbonyl (C=O) groups is 2. The fourth-order valence-electron chi connectivity index (χ4n) is 3.68. The highest BCUT2D eigenvalue weighted by atomic mass is 32.1. The van der Waals surface area contributed by atoms with Crippen LogP contribution in [0, 0.1) is 0 Å². The number of anilines is 2. The fourth-order valence-corrected chi connectivity index (χ4v) is 4.07. The third kappa shape index (κ3) is 5.18. The summed E-state index contributed by atoms with van der Waals surface area (Å²) >= 11 is 5.70. The summed E-state index contributed by atoms with van der Waals surface area (Å²) in [7, 11) is 0. The molecule has 33 heavy (non-hydrogen) atoms. The van der Waals surface area contributed by atoms with Gasteiger partial charge >= 0.3 is 0 Å². The third-order valence-electron chi connectivity index (χ3n) is 5.22. The molecule has 0 radical (unpaired) electrons. The van der Waals surface area contributed by atoms with Gasteiger partial charge in [0, 0.05) is 11.9 Å². The van der Waals surface area contributed by atoms with Crippen molar-refractivity contribution in [1.29, 1.82) is 0 Å². The molecule has 0 aliphatic carbocycles. The molecule has 168 valence electrons. The lowest BCUT2D eigenvalue weighted by Crippen LogP contribution is -2.37. The number of aromatic nitrogens is 1. The van der Waals surface area contributed by atoms with Crippen molar-refractivity contribution in [3.8, 4) is 5.75 Å². The summed E-state index contributed by atoms with van der Waals surface area (Å²) in [5.41, 5.74) is 2.07. The topological polar surface area (TPSA) is 74.8 Å². The number of pyridine rings is 1. The van der Waals surface area contributed by atoms with E-state index < -0.39 is 6.04 Å². The lowest BCUT2D eigenvalue weighted by Gasteiger charge is -2.23. The van der Waals surface area contributed by atoms with Gasteiger partial charge in [-0.25, -0.2) is 0 Å². The van der Waals surface area contributed by atoms with Gasteiger partial charge < -0.3 is 15.0 Å². The smallest absolute Gasteiger partial charge is 0.256 e. The van der Waals surface area contributed by atoms with Crippen molar-refractivity contribution in [2.24, 2.45) is 0 Å². The molecule has 4 rings (SSSR count). The van der Waals surface area contributed by atoms with Crippen molar-refractivity contribution in [3.63, 3.8) is 0 Å². The van der Waals surface area contributed by atoms with E-state index in [0.717, 1.165) is 5.69 Å². The van der Waals surface area contributed by atoms with Crippen molar-refractivity contribution >= 4 is 40.5 Å². The molecule has 2 heterocycles. The predicted octanol–water partition coefficient (Wildman–Crippen LogP) is 4.01. The summed E-state index contributed by atoms with van der Waals surface area (Å²) in [4.78, 5) is 33.9. The van der Waals surface area contributed by atoms with Crippen LogP contribution in [0.15, 0.2) is 79.0 Å². The van der Waals surface area contributed by atoms with E-state index in [0.29, 0.717) is 35.4 Å². The van der Waals surface area contributed by atoms with E-state index in [1.807, 2.05) is 43.3 Å². The third-order valence-corrected chi connectivity index (χ3v) is 5.64. The van der Waals surface area contributed by atoms with Gasteiger partial charge in [0.15, 0.2) is 5.11 Å². The molecule has 3 aromatic rings. The summed E-state index contributed by atoms with van der Waals surface area (Å²) in [6.45, 7) is 2.78. The Morgan fingerprint density at radius 3 is 2.45 bits per heavy atom. The molecular formula is C25H24N4O3S. The second-order valence-corrected chi connectivity index (χ2v) is 7.83. The van der Waals surface area contributed by atoms with Crippen LogP contribution in [0.4, 0.5) is 11.4 Å². The van der Waals surface area contributed by atoms with Crippen LogP contribution in [0.3, 0.4) is 0 Å². The summed E-state index contributed by atoms with van der Waals surface area (Å²) in [6, 6.07) is 21.2. The zero-order valence-electron chi connectivity index (χ0n) is 18.2. The van der Waals surface area contributed by atoms with Gasteiger partial charge in [-0.1, -0.05) is 24.3 Å². The van der Waals surface area contributed by atoms with Crippen molar-refractivity contribution in [3.05, 3.63) is 84.7 Å². The number of ether oxygens (including phenoxy) is 1. The fraction of sp³-hybridized carbons (Fsp3) is 0.200. The highest BCUT2D eigenvalue weighted by Crippen LogP contribution is 2.30. The van der Waals surface area contributed by atoms with Crippen LogP contribution >= 0.6 is 12.2 Å². The van der Waals surface area contributed by atoms with Crippen LogP contribution in [0.2, 0.25) is 0 Å². The number of amides is 2. The number of rotatable bonds is 8. The minimum atomic E-state index is -0.741. The molecule has 1 N–H and O–H groups in total. The Balaban J connectivity index is 1.59. The second-order valence-electron chi connectivity index (χ2n) is 7.47. The maximum absolute atomic E-state index is 13.5. The van der Waals surface area contributed by atoms with Crippen molar-refractivity contribution in [2.45, 2.75) is 25.9 Å². The highest BCUT2D eigenvalue weighted by molar-refractivity contribution is 7.80. The first kappa shape index (κ1) is 22.4. The first-order valence-electron chi connectivity index (χ1n) is 10.7. The Hall–Kier alpha value is -3.78. The van der Waals surface area contributed by atoms with Crippen LogP contribution in [-0.4, -0.2) is 39.5 Å². The number of carbonyl (C=O) groups excluding carboxylic acids is 2. The first-order valence-corrected chi connectivity index (χ1v) is 11.1. The molecule has 7 nitrogen and oxygen atoms in total.